The summed E-state index contributed by atoms with van der Waals surface area (Å²) in [7, 11) is 1.72. The Kier molecular flexibility index (Phi) is 3.46. The molecule has 2 heterocycles. The number of ether oxygens (including phenoxy) is 1. The maximum absolute atomic E-state index is 10.8. The lowest BCUT2D eigenvalue weighted by Gasteiger charge is -2.15. The van der Waals surface area contributed by atoms with Gasteiger partial charge in [-0.05, 0) is 18.6 Å². The minimum Gasteiger partial charge on any atom is -0.477 e. The van der Waals surface area contributed by atoms with Crippen LogP contribution in [0.2, 0.25) is 0 Å². The molecule has 0 radical (unpaired) electrons. The van der Waals surface area contributed by atoms with Crippen molar-refractivity contribution >= 4 is 22.3 Å². The summed E-state index contributed by atoms with van der Waals surface area (Å²) >= 11 is 1.34. The summed E-state index contributed by atoms with van der Waals surface area (Å²) in [6, 6.07) is 3.56. The zero-order valence-electron chi connectivity index (χ0n) is 9.18. The Labute approximate surface area is 98.4 Å². The molecule has 0 aromatic carbocycles. The lowest BCUT2D eigenvalue weighted by molar-refractivity contribution is 0.0702. The lowest BCUT2D eigenvalue weighted by atomic mass is 10.1. The first-order chi connectivity index (χ1) is 7.70. The second kappa shape index (κ2) is 4.84. The summed E-state index contributed by atoms with van der Waals surface area (Å²) < 4.78 is 5.14. The Hall–Kier alpha value is -1.07. The highest BCUT2D eigenvalue weighted by molar-refractivity contribution is 7.17. The number of carboxylic acids is 1. The molecule has 1 atom stereocenters. The summed E-state index contributed by atoms with van der Waals surface area (Å²) in [5, 5.41) is 9.90. The molecule has 2 rings (SSSR count). The van der Waals surface area contributed by atoms with E-state index >= 15 is 0 Å². The first-order valence-electron chi connectivity index (χ1n) is 5.27. The lowest BCUT2D eigenvalue weighted by Crippen LogP contribution is -2.19. The van der Waals surface area contributed by atoms with Crippen LogP contribution in [0.5, 0.6) is 0 Å². The molecule has 4 nitrogen and oxygen atoms in total. The fourth-order valence-electron chi connectivity index (χ4n) is 2.02. The van der Waals surface area contributed by atoms with Gasteiger partial charge in [0.15, 0.2) is 0 Å². The SMILES string of the molecule is COCC1CCN(c2ccc(C(=O)O)s2)C1. The number of hydrogen-bond donors (Lipinski definition) is 1. The fourth-order valence-corrected chi connectivity index (χ4v) is 2.90. The van der Waals surface area contributed by atoms with E-state index in [9.17, 15) is 4.79 Å². The molecule has 88 valence electrons. The van der Waals surface area contributed by atoms with E-state index in [1.165, 1.54) is 11.3 Å². The summed E-state index contributed by atoms with van der Waals surface area (Å²) in [5.74, 6) is -0.274. The number of hydrogen-bond acceptors (Lipinski definition) is 4. The summed E-state index contributed by atoms with van der Waals surface area (Å²) in [5.41, 5.74) is 0. The van der Waals surface area contributed by atoms with Crippen LogP contribution >= 0.6 is 11.3 Å². The van der Waals surface area contributed by atoms with Gasteiger partial charge < -0.3 is 14.7 Å². The number of anilines is 1. The van der Waals surface area contributed by atoms with E-state index in [-0.39, 0.29) is 0 Å². The van der Waals surface area contributed by atoms with Crippen molar-refractivity contribution in [2.75, 3.05) is 31.7 Å². The molecule has 0 spiro atoms. The van der Waals surface area contributed by atoms with Gasteiger partial charge in [-0.15, -0.1) is 11.3 Å². The summed E-state index contributed by atoms with van der Waals surface area (Å²) in [6.07, 6.45) is 1.12. The molecule has 1 aliphatic rings. The number of nitrogens with zero attached hydrogens (tertiary/aromatic N) is 1. The van der Waals surface area contributed by atoms with Gasteiger partial charge in [-0.25, -0.2) is 4.79 Å². The molecule has 16 heavy (non-hydrogen) atoms. The molecule has 1 aliphatic heterocycles. The van der Waals surface area contributed by atoms with Gasteiger partial charge in [0.25, 0.3) is 0 Å². The van der Waals surface area contributed by atoms with Crippen LogP contribution in [0.3, 0.4) is 0 Å². The molecule has 1 fully saturated rings. The van der Waals surface area contributed by atoms with E-state index in [0.717, 1.165) is 31.1 Å². The van der Waals surface area contributed by atoms with Gasteiger partial charge in [0.1, 0.15) is 4.88 Å². The van der Waals surface area contributed by atoms with Crippen LogP contribution in [0.25, 0.3) is 0 Å². The monoisotopic (exact) mass is 241 g/mol. The Bertz CT molecular complexity index is 377. The van der Waals surface area contributed by atoms with Crippen LogP contribution in [0.15, 0.2) is 12.1 Å². The van der Waals surface area contributed by atoms with Crippen LogP contribution in [0, 0.1) is 5.92 Å². The molecule has 1 aromatic rings. The van der Waals surface area contributed by atoms with Gasteiger partial charge >= 0.3 is 5.97 Å². The molecule has 1 N–H and O–H groups in total. The molecule has 1 unspecified atom stereocenters. The van der Waals surface area contributed by atoms with Gasteiger partial charge in [-0.2, -0.15) is 0 Å². The van der Waals surface area contributed by atoms with Crippen LogP contribution in [0.1, 0.15) is 16.1 Å². The van der Waals surface area contributed by atoms with Gasteiger partial charge in [0.05, 0.1) is 11.6 Å². The van der Waals surface area contributed by atoms with E-state index in [0.29, 0.717) is 10.8 Å². The molecule has 0 aliphatic carbocycles. The van der Waals surface area contributed by atoms with Crippen LogP contribution in [-0.2, 0) is 4.74 Å². The Morgan fingerprint density at radius 2 is 2.50 bits per heavy atom. The second-order valence-corrected chi connectivity index (χ2v) is 5.06. The van der Waals surface area contributed by atoms with E-state index in [4.69, 9.17) is 9.84 Å². The number of carbonyl (C=O) groups is 1. The van der Waals surface area contributed by atoms with Crippen LogP contribution < -0.4 is 4.90 Å². The third-order valence-corrected chi connectivity index (χ3v) is 3.94. The highest BCUT2D eigenvalue weighted by Gasteiger charge is 2.24. The smallest absolute Gasteiger partial charge is 0.345 e. The molecule has 0 bridgehead atoms. The number of rotatable bonds is 4. The minimum absolute atomic E-state index is 0.408. The summed E-state index contributed by atoms with van der Waals surface area (Å²) in [4.78, 5) is 13.4. The Morgan fingerprint density at radius 1 is 1.69 bits per heavy atom. The minimum atomic E-state index is -0.844. The highest BCUT2D eigenvalue weighted by Crippen LogP contribution is 2.30. The van der Waals surface area contributed by atoms with E-state index in [2.05, 4.69) is 4.90 Å². The largest absolute Gasteiger partial charge is 0.477 e. The Balaban J connectivity index is 2.00. The van der Waals surface area contributed by atoms with E-state index in [1.54, 1.807) is 13.2 Å². The predicted octanol–water partition coefficient (Wildman–Crippen LogP) is 1.92. The maximum atomic E-state index is 10.8. The molecule has 0 amide bonds. The topological polar surface area (TPSA) is 49.8 Å². The van der Waals surface area contributed by atoms with E-state index in [1.807, 2.05) is 6.07 Å². The first-order valence-corrected chi connectivity index (χ1v) is 6.09. The van der Waals surface area contributed by atoms with Crippen molar-refractivity contribution in [2.24, 2.45) is 5.92 Å². The third kappa shape index (κ3) is 2.36. The molecule has 0 saturated carbocycles. The first kappa shape index (κ1) is 11.4. The van der Waals surface area contributed by atoms with Gasteiger partial charge in [0, 0.05) is 26.1 Å². The molecule has 1 aromatic heterocycles. The standard InChI is InChI=1S/C11H15NO3S/c1-15-7-8-4-5-12(6-8)10-3-2-9(16-10)11(13)14/h2-3,8H,4-7H2,1H3,(H,13,14). The average Bonchev–Trinajstić information content (AvgIpc) is 2.84. The van der Waals surface area contributed by atoms with Gasteiger partial charge in [0.2, 0.25) is 0 Å². The van der Waals surface area contributed by atoms with Crippen LogP contribution in [-0.4, -0.2) is 37.9 Å². The molecular formula is C11H15NO3S. The molecule has 5 heteroatoms. The van der Waals surface area contributed by atoms with Crippen LogP contribution in [0.4, 0.5) is 5.00 Å². The van der Waals surface area contributed by atoms with Crippen molar-refractivity contribution in [1.82, 2.24) is 0 Å². The van der Waals surface area contributed by atoms with Crippen molar-refractivity contribution in [1.29, 1.82) is 0 Å². The van der Waals surface area contributed by atoms with Gasteiger partial charge in [-0.1, -0.05) is 0 Å². The average molecular weight is 241 g/mol. The van der Waals surface area contributed by atoms with E-state index < -0.39 is 5.97 Å². The predicted molar refractivity (Wildman–Crippen MR) is 63.5 cm³/mol. The molecular weight excluding hydrogens is 226 g/mol. The second-order valence-electron chi connectivity index (χ2n) is 4.00. The Morgan fingerprint density at radius 3 is 3.12 bits per heavy atom. The van der Waals surface area contributed by atoms with Crippen molar-refractivity contribution < 1.29 is 14.6 Å². The third-order valence-electron chi connectivity index (χ3n) is 2.80. The zero-order chi connectivity index (χ0) is 11.5. The maximum Gasteiger partial charge on any atom is 0.345 e. The normalized spacial score (nSPS) is 20.3. The number of methoxy groups -OCH3 is 1. The van der Waals surface area contributed by atoms with Crippen molar-refractivity contribution in [3.63, 3.8) is 0 Å². The number of thiophene rings is 1. The highest BCUT2D eigenvalue weighted by atomic mass is 32.1. The fraction of sp³-hybridized carbons (Fsp3) is 0.545. The van der Waals surface area contributed by atoms with Crippen molar-refractivity contribution in [3.05, 3.63) is 17.0 Å². The quantitative estimate of drug-likeness (QED) is 0.875. The van der Waals surface area contributed by atoms with Crippen molar-refractivity contribution in [2.45, 2.75) is 6.42 Å². The zero-order valence-corrected chi connectivity index (χ0v) is 10.00. The van der Waals surface area contributed by atoms with Crippen molar-refractivity contribution in [3.8, 4) is 0 Å². The summed E-state index contributed by atoms with van der Waals surface area (Å²) in [6.45, 7) is 2.74. The molecule has 1 saturated heterocycles. The van der Waals surface area contributed by atoms with Gasteiger partial charge in [-0.3, -0.25) is 0 Å². The number of carboxylic acid groups (broad SMARTS) is 1. The number of aromatic carboxylic acids is 1.